The predicted molar refractivity (Wildman–Crippen MR) is 77.6 cm³/mol. The summed E-state index contributed by atoms with van der Waals surface area (Å²) in [5.74, 6) is 7.20. The lowest BCUT2D eigenvalue weighted by atomic mass is 9.54. The van der Waals surface area contributed by atoms with Crippen LogP contribution >= 0.6 is 0 Å². The Bertz CT molecular complexity index is 352. The van der Waals surface area contributed by atoms with Crippen molar-refractivity contribution in [2.45, 2.75) is 64.9 Å². The van der Waals surface area contributed by atoms with Crippen molar-refractivity contribution < 1.29 is 5.11 Å². The zero-order valence-corrected chi connectivity index (χ0v) is 12.6. The van der Waals surface area contributed by atoms with E-state index in [1.807, 2.05) is 0 Å². The highest BCUT2D eigenvalue weighted by atomic mass is 16.3. The predicted octanol–water partition coefficient (Wildman–Crippen LogP) is 4.10. The molecule has 0 aromatic rings. The van der Waals surface area contributed by atoms with Crippen molar-refractivity contribution in [2.24, 2.45) is 47.3 Å². The van der Waals surface area contributed by atoms with Gasteiger partial charge in [-0.05, 0) is 79.4 Å². The van der Waals surface area contributed by atoms with Crippen LogP contribution in [0.5, 0.6) is 0 Å². The second kappa shape index (κ2) is 4.48. The summed E-state index contributed by atoms with van der Waals surface area (Å²) in [6.45, 7) is 5.02. The molecular weight excluding hydrogens is 232 g/mol. The van der Waals surface area contributed by atoms with Gasteiger partial charge in [0, 0.05) is 0 Å². The van der Waals surface area contributed by atoms with Gasteiger partial charge in [-0.1, -0.05) is 26.7 Å². The molecule has 4 saturated carbocycles. The van der Waals surface area contributed by atoms with Crippen molar-refractivity contribution in [3.05, 3.63) is 0 Å². The first-order chi connectivity index (χ1) is 9.16. The molecule has 9 atom stereocenters. The molecule has 1 heteroatoms. The Morgan fingerprint density at radius 1 is 0.684 bits per heavy atom. The summed E-state index contributed by atoms with van der Waals surface area (Å²) in [6, 6.07) is 0. The van der Waals surface area contributed by atoms with Crippen molar-refractivity contribution in [2.75, 3.05) is 0 Å². The zero-order chi connectivity index (χ0) is 13.1. The van der Waals surface area contributed by atoms with Crippen molar-refractivity contribution in [3.63, 3.8) is 0 Å². The summed E-state index contributed by atoms with van der Waals surface area (Å²) in [5.41, 5.74) is 0. The van der Waals surface area contributed by atoms with Crippen molar-refractivity contribution in [3.8, 4) is 0 Å². The Kier molecular flexibility index (Phi) is 2.99. The van der Waals surface area contributed by atoms with E-state index in [1.54, 1.807) is 0 Å². The molecule has 0 bridgehead atoms. The highest BCUT2D eigenvalue weighted by molar-refractivity contribution is 5.05. The normalized spacial score (nSPS) is 60.5. The molecule has 19 heavy (non-hydrogen) atoms. The van der Waals surface area contributed by atoms with Crippen LogP contribution in [0.3, 0.4) is 0 Å². The van der Waals surface area contributed by atoms with Crippen LogP contribution in [0.15, 0.2) is 0 Å². The average Bonchev–Trinajstić information content (AvgIpc) is 2.77. The van der Waals surface area contributed by atoms with Crippen LogP contribution in [-0.2, 0) is 0 Å². The standard InChI is InChI=1S/C18H30O/c1-10-3-5-12-9-16(19)15-8-7-14-11(2)4-6-13(10)17(12)18(14)15/h10-19H,3-9H2,1-2H3/t10-,11+,12-,13-,14-,15+,16-,17?,18?/m0/s1. The molecule has 0 aliphatic heterocycles. The van der Waals surface area contributed by atoms with E-state index in [9.17, 15) is 5.11 Å². The van der Waals surface area contributed by atoms with E-state index in [4.69, 9.17) is 0 Å². The fraction of sp³-hybridized carbons (Fsp3) is 1.00. The Labute approximate surface area is 118 Å². The van der Waals surface area contributed by atoms with E-state index in [0.29, 0.717) is 5.92 Å². The van der Waals surface area contributed by atoms with Crippen LogP contribution in [0.1, 0.15) is 58.8 Å². The quantitative estimate of drug-likeness (QED) is 0.697. The number of hydrogen-bond acceptors (Lipinski definition) is 1. The minimum absolute atomic E-state index is 0.0376. The lowest BCUT2D eigenvalue weighted by molar-refractivity contribution is -0.0775. The summed E-state index contributed by atoms with van der Waals surface area (Å²) in [7, 11) is 0. The van der Waals surface area contributed by atoms with E-state index in [2.05, 4.69) is 13.8 Å². The van der Waals surface area contributed by atoms with Gasteiger partial charge in [-0.25, -0.2) is 0 Å². The maximum absolute atomic E-state index is 10.6. The van der Waals surface area contributed by atoms with E-state index in [-0.39, 0.29) is 6.10 Å². The summed E-state index contributed by atoms with van der Waals surface area (Å²) >= 11 is 0. The number of aliphatic hydroxyl groups is 1. The SMILES string of the molecule is C[C@@H]1CC[C@@H]2C3C4[C@H]1CC[C@@H]4[C@@H](O)C[C@@H]3CC[C@@H]2C. The molecule has 0 aromatic heterocycles. The fourth-order valence-electron chi connectivity index (χ4n) is 6.89. The molecule has 4 aliphatic carbocycles. The van der Waals surface area contributed by atoms with Crippen LogP contribution in [0, 0.1) is 47.3 Å². The molecule has 4 rings (SSSR count). The highest BCUT2D eigenvalue weighted by Crippen LogP contribution is 2.61. The molecule has 4 aliphatic rings. The first-order valence-electron chi connectivity index (χ1n) is 8.85. The van der Waals surface area contributed by atoms with E-state index in [1.165, 1.54) is 38.5 Å². The average molecular weight is 262 g/mol. The van der Waals surface area contributed by atoms with Gasteiger partial charge in [0.15, 0.2) is 0 Å². The van der Waals surface area contributed by atoms with Crippen LogP contribution in [0.2, 0.25) is 0 Å². The van der Waals surface area contributed by atoms with Gasteiger partial charge in [0.25, 0.3) is 0 Å². The van der Waals surface area contributed by atoms with Gasteiger partial charge < -0.3 is 5.11 Å². The lowest BCUT2D eigenvalue weighted by Gasteiger charge is -2.52. The number of hydrogen-bond donors (Lipinski definition) is 1. The highest BCUT2D eigenvalue weighted by Gasteiger charge is 2.56. The molecule has 1 nitrogen and oxygen atoms in total. The first-order valence-corrected chi connectivity index (χ1v) is 8.85. The maximum atomic E-state index is 10.6. The summed E-state index contributed by atoms with van der Waals surface area (Å²) in [4.78, 5) is 0. The molecule has 0 spiro atoms. The molecular formula is C18H30O. The van der Waals surface area contributed by atoms with Crippen LogP contribution < -0.4 is 0 Å². The van der Waals surface area contributed by atoms with Gasteiger partial charge in [-0.3, -0.25) is 0 Å². The van der Waals surface area contributed by atoms with E-state index in [0.717, 1.165) is 47.8 Å². The van der Waals surface area contributed by atoms with Gasteiger partial charge in [0.2, 0.25) is 0 Å². The van der Waals surface area contributed by atoms with Gasteiger partial charge in [0.05, 0.1) is 6.10 Å². The third-order valence-electron chi connectivity index (χ3n) is 7.75. The molecule has 0 saturated heterocycles. The van der Waals surface area contributed by atoms with Crippen molar-refractivity contribution >= 4 is 0 Å². The smallest absolute Gasteiger partial charge is 0.0574 e. The molecule has 0 amide bonds. The third-order valence-corrected chi connectivity index (χ3v) is 7.75. The van der Waals surface area contributed by atoms with Gasteiger partial charge in [-0.2, -0.15) is 0 Å². The second-order valence-electron chi connectivity index (χ2n) is 8.40. The van der Waals surface area contributed by atoms with Crippen molar-refractivity contribution in [1.82, 2.24) is 0 Å². The maximum Gasteiger partial charge on any atom is 0.0574 e. The largest absolute Gasteiger partial charge is 0.393 e. The summed E-state index contributed by atoms with van der Waals surface area (Å²) < 4.78 is 0. The number of rotatable bonds is 0. The van der Waals surface area contributed by atoms with Gasteiger partial charge >= 0.3 is 0 Å². The topological polar surface area (TPSA) is 20.2 Å². The van der Waals surface area contributed by atoms with Crippen LogP contribution in [-0.4, -0.2) is 11.2 Å². The molecule has 4 fully saturated rings. The zero-order valence-electron chi connectivity index (χ0n) is 12.6. The lowest BCUT2D eigenvalue weighted by Crippen LogP contribution is -2.48. The summed E-state index contributed by atoms with van der Waals surface area (Å²) in [5, 5.41) is 10.6. The Balaban J connectivity index is 1.74. The minimum atomic E-state index is 0.0376. The monoisotopic (exact) mass is 262 g/mol. The van der Waals surface area contributed by atoms with Gasteiger partial charge in [0.1, 0.15) is 0 Å². The van der Waals surface area contributed by atoms with Crippen molar-refractivity contribution in [1.29, 1.82) is 0 Å². The molecule has 0 radical (unpaired) electrons. The van der Waals surface area contributed by atoms with Crippen LogP contribution in [0.25, 0.3) is 0 Å². The second-order valence-corrected chi connectivity index (χ2v) is 8.40. The van der Waals surface area contributed by atoms with E-state index < -0.39 is 0 Å². The molecule has 108 valence electrons. The van der Waals surface area contributed by atoms with E-state index >= 15 is 0 Å². The van der Waals surface area contributed by atoms with Gasteiger partial charge in [-0.15, -0.1) is 0 Å². The fourth-order valence-corrected chi connectivity index (χ4v) is 6.89. The molecule has 2 unspecified atom stereocenters. The Morgan fingerprint density at radius 3 is 2.05 bits per heavy atom. The summed E-state index contributed by atoms with van der Waals surface area (Å²) in [6.07, 6.45) is 9.69. The third kappa shape index (κ3) is 1.76. The minimum Gasteiger partial charge on any atom is -0.393 e. The molecule has 1 N–H and O–H groups in total. The number of aliphatic hydroxyl groups excluding tert-OH is 1. The Hall–Kier alpha value is -0.0400. The molecule has 0 aromatic carbocycles. The Morgan fingerprint density at radius 2 is 1.26 bits per heavy atom. The first kappa shape index (κ1) is 12.7. The van der Waals surface area contributed by atoms with Crippen LogP contribution in [0.4, 0.5) is 0 Å². The molecule has 0 heterocycles.